The summed E-state index contributed by atoms with van der Waals surface area (Å²) in [7, 11) is 0. The van der Waals surface area contributed by atoms with Crippen molar-refractivity contribution in [2.45, 2.75) is 26.9 Å². The normalized spacial score (nSPS) is 12.0. The van der Waals surface area contributed by atoms with E-state index < -0.39 is 12.0 Å². The molecule has 1 heterocycles. The van der Waals surface area contributed by atoms with Gasteiger partial charge in [-0.05, 0) is 56.7 Å². The summed E-state index contributed by atoms with van der Waals surface area (Å²) in [4.78, 5) is 24.0. The summed E-state index contributed by atoms with van der Waals surface area (Å²) in [5, 5.41) is 14.1. The fourth-order valence-electron chi connectivity index (χ4n) is 3.29. The largest absolute Gasteiger partial charge is 0.462 e. The molecule has 1 amide bonds. The topological polar surface area (TPSA) is 92.9 Å². The van der Waals surface area contributed by atoms with Gasteiger partial charge in [0.1, 0.15) is 0 Å². The van der Waals surface area contributed by atoms with Gasteiger partial charge < -0.3 is 14.4 Å². The fraction of sp³-hybridized carbons (Fsp3) is 0.208. The summed E-state index contributed by atoms with van der Waals surface area (Å²) < 4.78 is 7.04. The summed E-state index contributed by atoms with van der Waals surface area (Å²) in [6, 6.07) is 17.8. The molecule has 2 N–H and O–H groups in total. The van der Waals surface area contributed by atoms with E-state index >= 15 is 0 Å². The number of hydrazone groups is 1. The van der Waals surface area contributed by atoms with Gasteiger partial charge in [0.05, 0.1) is 18.4 Å². The molecule has 31 heavy (non-hydrogen) atoms. The van der Waals surface area contributed by atoms with Crippen molar-refractivity contribution in [3.8, 4) is 5.69 Å². The van der Waals surface area contributed by atoms with Crippen molar-refractivity contribution in [1.29, 1.82) is 0 Å². The highest BCUT2D eigenvalue weighted by Gasteiger charge is 2.16. The van der Waals surface area contributed by atoms with Crippen LogP contribution in [0, 0.1) is 13.8 Å². The average Bonchev–Trinajstić information content (AvgIpc) is 3.07. The van der Waals surface area contributed by atoms with Gasteiger partial charge in [0.15, 0.2) is 6.10 Å². The number of hydrogen-bond acceptors (Lipinski definition) is 5. The zero-order chi connectivity index (χ0) is 22.4. The molecule has 0 fully saturated rings. The number of hydrogen-bond donors (Lipinski definition) is 2. The number of carbonyl (C=O) groups excluding carboxylic acids is 2. The lowest BCUT2D eigenvalue weighted by Gasteiger charge is -2.10. The molecule has 7 heteroatoms. The van der Waals surface area contributed by atoms with Crippen LogP contribution in [0.1, 0.15) is 45.9 Å². The lowest BCUT2D eigenvalue weighted by molar-refractivity contribution is -0.129. The summed E-state index contributed by atoms with van der Waals surface area (Å²) in [6.45, 7) is 6.00. The number of carbonyl (C=O) groups is 2. The van der Waals surface area contributed by atoms with Crippen molar-refractivity contribution < 1.29 is 19.4 Å². The predicted molar refractivity (Wildman–Crippen MR) is 118 cm³/mol. The van der Waals surface area contributed by atoms with E-state index in [2.05, 4.69) is 10.5 Å². The molecule has 0 radical (unpaired) electrons. The molecule has 1 atom stereocenters. The lowest BCUT2D eigenvalue weighted by Crippen LogP contribution is -2.25. The molecule has 160 valence electrons. The number of nitrogens with one attached hydrogen (secondary N) is 1. The van der Waals surface area contributed by atoms with E-state index in [4.69, 9.17) is 4.74 Å². The van der Waals surface area contributed by atoms with Crippen LogP contribution in [0.5, 0.6) is 0 Å². The Balaban J connectivity index is 1.72. The van der Waals surface area contributed by atoms with Crippen molar-refractivity contribution in [1.82, 2.24) is 9.99 Å². The minimum atomic E-state index is -1.29. The zero-order valence-corrected chi connectivity index (χ0v) is 17.7. The molecule has 7 nitrogen and oxygen atoms in total. The molecular formula is C24H25N3O4. The van der Waals surface area contributed by atoms with Crippen LogP contribution in [-0.2, 0) is 9.53 Å². The van der Waals surface area contributed by atoms with Gasteiger partial charge >= 0.3 is 5.97 Å². The van der Waals surface area contributed by atoms with Crippen LogP contribution in [0.15, 0.2) is 65.8 Å². The predicted octanol–water partition coefficient (Wildman–Crippen LogP) is 3.45. The number of nitrogens with zero attached hydrogens (tertiary/aromatic N) is 2. The van der Waals surface area contributed by atoms with Crippen LogP contribution in [0.4, 0.5) is 0 Å². The molecule has 3 aromatic rings. The SMILES string of the molecule is CCOC(=O)c1ccc(-n2c(C)cc(/C=N\NC(=O)[C@@H](O)c3ccccc3)c2C)cc1. The van der Waals surface area contributed by atoms with Gasteiger partial charge in [-0.1, -0.05) is 30.3 Å². The van der Waals surface area contributed by atoms with Gasteiger partial charge in [0.2, 0.25) is 0 Å². The lowest BCUT2D eigenvalue weighted by atomic mass is 10.1. The second-order valence-corrected chi connectivity index (χ2v) is 6.98. The van der Waals surface area contributed by atoms with E-state index in [9.17, 15) is 14.7 Å². The molecule has 1 aromatic heterocycles. The maximum absolute atomic E-state index is 12.1. The van der Waals surface area contributed by atoms with E-state index in [1.165, 1.54) is 0 Å². The van der Waals surface area contributed by atoms with Crippen molar-refractivity contribution in [3.63, 3.8) is 0 Å². The first kappa shape index (κ1) is 22.0. The third kappa shape index (κ3) is 5.07. The van der Waals surface area contributed by atoms with Crippen molar-refractivity contribution >= 4 is 18.1 Å². The van der Waals surface area contributed by atoms with Crippen molar-refractivity contribution in [2.75, 3.05) is 6.61 Å². The van der Waals surface area contributed by atoms with Gasteiger partial charge in [-0.15, -0.1) is 0 Å². The molecule has 2 aromatic carbocycles. The molecule has 0 aliphatic rings. The zero-order valence-electron chi connectivity index (χ0n) is 17.7. The summed E-state index contributed by atoms with van der Waals surface area (Å²) in [5.41, 5.74) is 6.98. The van der Waals surface area contributed by atoms with Crippen LogP contribution < -0.4 is 5.43 Å². The summed E-state index contributed by atoms with van der Waals surface area (Å²) in [6.07, 6.45) is 0.255. The maximum Gasteiger partial charge on any atom is 0.338 e. The highest BCUT2D eigenvalue weighted by Crippen LogP contribution is 2.20. The summed E-state index contributed by atoms with van der Waals surface area (Å²) >= 11 is 0. The smallest absolute Gasteiger partial charge is 0.338 e. The Morgan fingerprint density at radius 3 is 2.45 bits per heavy atom. The van der Waals surface area contributed by atoms with Crippen LogP contribution in [-0.4, -0.2) is 34.4 Å². The standard InChI is InChI=1S/C24H25N3O4/c1-4-31-24(30)19-10-12-21(13-11-19)27-16(2)14-20(17(27)3)15-25-26-23(29)22(28)18-8-6-5-7-9-18/h5-15,22,28H,4H2,1-3H3,(H,26,29)/b25-15-/t22-/m0/s1. The van der Waals surface area contributed by atoms with E-state index in [1.54, 1.807) is 49.5 Å². The van der Waals surface area contributed by atoms with E-state index in [1.807, 2.05) is 42.7 Å². The number of aromatic nitrogens is 1. The quantitative estimate of drug-likeness (QED) is 0.348. The highest BCUT2D eigenvalue weighted by molar-refractivity contribution is 5.89. The van der Waals surface area contributed by atoms with Crippen molar-refractivity contribution in [2.24, 2.45) is 5.10 Å². The number of aliphatic hydroxyl groups is 1. The van der Waals surface area contributed by atoms with Gasteiger partial charge in [-0.25, -0.2) is 10.2 Å². The molecular weight excluding hydrogens is 394 g/mol. The third-order valence-electron chi connectivity index (χ3n) is 4.85. The Bertz CT molecular complexity index is 1090. The van der Waals surface area contributed by atoms with Gasteiger partial charge in [-0.3, -0.25) is 4.79 Å². The Kier molecular flexibility index (Phi) is 6.99. The number of benzene rings is 2. The first-order valence-electron chi connectivity index (χ1n) is 9.94. The number of aliphatic hydroxyl groups excluding tert-OH is 1. The third-order valence-corrected chi connectivity index (χ3v) is 4.85. The molecule has 0 aliphatic carbocycles. The van der Waals surface area contributed by atoms with Crippen LogP contribution in [0.25, 0.3) is 5.69 Å². The minimum Gasteiger partial charge on any atom is -0.462 e. The molecule has 0 spiro atoms. The monoisotopic (exact) mass is 419 g/mol. The molecule has 3 rings (SSSR count). The van der Waals surface area contributed by atoms with Crippen molar-refractivity contribution in [3.05, 3.63) is 88.7 Å². The Labute approximate surface area is 181 Å². The van der Waals surface area contributed by atoms with Crippen LogP contribution in [0.3, 0.4) is 0 Å². The first-order chi connectivity index (χ1) is 14.9. The van der Waals surface area contributed by atoms with E-state index in [0.29, 0.717) is 17.7 Å². The average molecular weight is 419 g/mol. The second kappa shape index (κ2) is 9.86. The Morgan fingerprint density at radius 1 is 1.13 bits per heavy atom. The minimum absolute atomic E-state index is 0.331. The molecule has 0 aliphatic heterocycles. The maximum atomic E-state index is 12.1. The molecule has 0 bridgehead atoms. The Hall–Kier alpha value is -3.71. The van der Waals surface area contributed by atoms with Gasteiger partial charge in [-0.2, -0.15) is 5.10 Å². The van der Waals surface area contributed by atoms with Gasteiger partial charge in [0, 0.05) is 22.6 Å². The molecule has 0 saturated carbocycles. The summed E-state index contributed by atoms with van der Waals surface area (Å²) in [5.74, 6) is -0.956. The number of rotatable bonds is 7. The highest BCUT2D eigenvalue weighted by atomic mass is 16.5. The molecule has 0 unspecified atom stereocenters. The number of aryl methyl sites for hydroxylation is 1. The number of amides is 1. The number of ether oxygens (including phenoxy) is 1. The van der Waals surface area contributed by atoms with Crippen LogP contribution in [0.2, 0.25) is 0 Å². The Morgan fingerprint density at radius 2 is 1.81 bits per heavy atom. The second-order valence-electron chi connectivity index (χ2n) is 6.98. The van der Waals surface area contributed by atoms with Gasteiger partial charge in [0.25, 0.3) is 5.91 Å². The first-order valence-corrected chi connectivity index (χ1v) is 9.94. The van der Waals surface area contributed by atoms with E-state index in [-0.39, 0.29) is 5.97 Å². The fourth-order valence-corrected chi connectivity index (χ4v) is 3.29. The van der Waals surface area contributed by atoms with Crippen LogP contribution >= 0.6 is 0 Å². The number of esters is 1. The molecule has 0 saturated heterocycles. The van der Waals surface area contributed by atoms with E-state index in [0.717, 1.165) is 22.6 Å².